The molecule has 0 saturated carbocycles. The van der Waals surface area contributed by atoms with E-state index in [1.807, 2.05) is 36.4 Å². The van der Waals surface area contributed by atoms with Crippen molar-refractivity contribution in [3.63, 3.8) is 0 Å². The van der Waals surface area contributed by atoms with Crippen LogP contribution in [0.15, 0.2) is 60.0 Å². The number of carboxylic acid groups (broad SMARTS) is 1. The van der Waals surface area contributed by atoms with Gasteiger partial charge < -0.3 is 25.0 Å². The molecule has 4 N–H and O–H groups in total. The van der Waals surface area contributed by atoms with Crippen LogP contribution in [-0.2, 0) is 25.7 Å². The molecule has 0 radical (unpaired) electrons. The highest BCUT2D eigenvalue weighted by Gasteiger charge is 2.32. The summed E-state index contributed by atoms with van der Waals surface area (Å²) in [5.74, 6) is -0.724. The molecule has 0 aliphatic carbocycles. The molecule has 1 aliphatic heterocycles. The molecule has 0 unspecified atom stereocenters. The SMILES string of the molecule is O=C(O)CCC(=O)Nc1ccc([C@@H]2O[C@H](CSc3ncn[nH]3)C[C@H](c3ccc(CO)cc3)O2)cc1. The van der Waals surface area contributed by atoms with Gasteiger partial charge in [0.25, 0.3) is 0 Å². The molecule has 4 rings (SSSR count). The summed E-state index contributed by atoms with van der Waals surface area (Å²) < 4.78 is 12.6. The normalized spacial score (nSPS) is 19.9. The molecule has 1 amide bonds. The number of hydrogen-bond donors (Lipinski definition) is 4. The minimum absolute atomic E-state index is 0.0207. The fourth-order valence-electron chi connectivity index (χ4n) is 3.63. The lowest BCUT2D eigenvalue weighted by atomic mass is 10.0. The summed E-state index contributed by atoms with van der Waals surface area (Å²) in [5.41, 5.74) is 3.18. The molecule has 10 nitrogen and oxygen atoms in total. The Kier molecular flexibility index (Phi) is 8.48. The fourth-order valence-corrected chi connectivity index (χ4v) is 4.42. The number of aliphatic carboxylic acids is 1. The largest absolute Gasteiger partial charge is 0.481 e. The van der Waals surface area contributed by atoms with Crippen LogP contribution < -0.4 is 5.32 Å². The second kappa shape index (κ2) is 11.9. The molecule has 2 aromatic carbocycles. The lowest BCUT2D eigenvalue weighted by Crippen LogP contribution is -2.31. The molecule has 0 spiro atoms. The molecule has 3 atom stereocenters. The third-order valence-corrected chi connectivity index (χ3v) is 6.45. The average molecular weight is 499 g/mol. The number of carbonyl (C=O) groups is 2. The Labute approximate surface area is 206 Å². The van der Waals surface area contributed by atoms with Gasteiger partial charge in [-0.15, -0.1) is 0 Å². The summed E-state index contributed by atoms with van der Waals surface area (Å²) in [4.78, 5) is 26.7. The van der Waals surface area contributed by atoms with E-state index in [4.69, 9.17) is 14.6 Å². The first-order valence-corrected chi connectivity index (χ1v) is 12.1. The number of thioether (sulfide) groups is 1. The summed E-state index contributed by atoms with van der Waals surface area (Å²) in [6, 6.07) is 14.8. The van der Waals surface area contributed by atoms with E-state index in [0.717, 1.165) is 16.7 Å². The summed E-state index contributed by atoms with van der Waals surface area (Å²) in [7, 11) is 0. The molecule has 1 aliphatic rings. The monoisotopic (exact) mass is 498 g/mol. The summed E-state index contributed by atoms with van der Waals surface area (Å²) in [6.07, 6.45) is 0.842. The first kappa shape index (κ1) is 24.9. The Bertz CT molecular complexity index is 1110. The zero-order chi connectivity index (χ0) is 24.6. The quantitative estimate of drug-likeness (QED) is 0.309. The van der Waals surface area contributed by atoms with Crippen LogP contribution in [0.3, 0.4) is 0 Å². The molecular weight excluding hydrogens is 472 g/mol. The highest BCUT2D eigenvalue weighted by molar-refractivity contribution is 7.99. The third-order valence-electron chi connectivity index (χ3n) is 5.45. The van der Waals surface area contributed by atoms with Gasteiger partial charge in [-0.25, -0.2) is 4.98 Å². The smallest absolute Gasteiger partial charge is 0.303 e. The van der Waals surface area contributed by atoms with E-state index in [-0.39, 0.29) is 37.6 Å². The lowest BCUT2D eigenvalue weighted by Gasteiger charge is -2.36. The van der Waals surface area contributed by atoms with E-state index < -0.39 is 12.3 Å². The van der Waals surface area contributed by atoms with Gasteiger partial charge in [0.2, 0.25) is 5.91 Å². The number of aliphatic hydroxyl groups is 1. The lowest BCUT2D eigenvalue weighted by molar-refractivity contribution is -0.245. The minimum Gasteiger partial charge on any atom is -0.481 e. The minimum atomic E-state index is -1.02. The van der Waals surface area contributed by atoms with Crippen molar-refractivity contribution in [2.75, 3.05) is 11.1 Å². The van der Waals surface area contributed by atoms with E-state index in [1.54, 1.807) is 12.1 Å². The number of aliphatic hydroxyl groups excluding tert-OH is 1. The number of carbonyl (C=O) groups excluding carboxylic acids is 1. The van der Waals surface area contributed by atoms with Crippen molar-refractivity contribution in [2.45, 2.75) is 49.5 Å². The maximum Gasteiger partial charge on any atom is 0.303 e. The van der Waals surface area contributed by atoms with Crippen molar-refractivity contribution in [1.82, 2.24) is 15.2 Å². The number of ether oxygens (including phenoxy) is 2. The zero-order valence-electron chi connectivity index (χ0n) is 18.8. The maximum absolute atomic E-state index is 11.9. The Morgan fingerprint density at radius 1 is 1.06 bits per heavy atom. The molecule has 1 saturated heterocycles. The number of benzene rings is 2. The molecule has 3 aromatic rings. The number of amides is 1. The van der Waals surface area contributed by atoms with Gasteiger partial charge in [-0.1, -0.05) is 48.2 Å². The van der Waals surface area contributed by atoms with Gasteiger partial charge in [-0.05, 0) is 23.3 Å². The van der Waals surface area contributed by atoms with Gasteiger partial charge in [0.1, 0.15) is 6.33 Å². The number of nitrogens with one attached hydrogen (secondary N) is 2. The van der Waals surface area contributed by atoms with Crippen LogP contribution in [0, 0.1) is 0 Å². The molecule has 0 bridgehead atoms. The molecule has 1 fully saturated rings. The topological polar surface area (TPSA) is 147 Å². The first-order chi connectivity index (χ1) is 17.0. The second-order valence-electron chi connectivity index (χ2n) is 8.02. The van der Waals surface area contributed by atoms with Crippen molar-refractivity contribution < 1.29 is 29.3 Å². The second-order valence-corrected chi connectivity index (χ2v) is 9.02. The van der Waals surface area contributed by atoms with Crippen LogP contribution in [0.25, 0.3) is 0 Å². The summed E-state index contributed by atoms with van der Waals surface area (Å²) >= 11 is 1.52. The van der Waals surface area contributed by atoms with E-state index in [1.165, 1.54) is 18.1 Å². The number of aromatic nitrogens is 3. The van der Waals surface area contributed by atoms with Crippen LogP contribution in [0.4, 0.5) is 5.69 Å². The van der Waals surface area contributed by atoms with E-state index in [2.05, 4.69) is 20.5 Å². The standard InChI is InChI=1S/C24H26N4O6S/c29-12-15-1-3-16(4-2-15)20-11-19(13-35-24-25-14-26-28-24)33-23(34-20)17-5-7-18(8-6-17)27-21(30)9-10-22(31)32/h1-8,14,19-20,23,29H,9-13H2,(H,27,30)(H,31,32)(H,25,26,28)/t19-,20+,23+/m0/s1. The Morgan fingerprint density at radius 2 is 1.80 bits per heavy atom. The molecule has 2 heterocycles. The van der Waals surface area contributed by atoms with Crippen LogP contribution >= 0.6 is 11.8 Å². The third kappa shape index (κ3) is 7.12. The number of hydrogen-bond acceptors (Lipinski definition) is 8. The number of H-pyrrole nitrogens is 1. The maximum atomic E-state index is 11.9. The van der Waals surface area contributed by atoms with Crippen molar-refractivity contribution >= 4 is 29.3 Å². The van der Waals surface area contributed by atoms with Crippen molar-refractivity contribution in [3.8, 4) is 0 Å². The highest BCUT2D eigenvalue weighted by Crippen LogP contribution is 2.39. The molecular formula is C24H26N4O6S. The van der Waals surface area contributed by atoms with E-state index in [9.17, 15) is 14.7 Å². The number of aromatic amines is 1. The predicted molar refractivity (Wildman–Crippen MR) is 127 cm³/mol. The zero-order valence-corrected chi connectivity index (χ0v) is 19.6. The Hall–Kier alpha value is -3.25. The van der Waals surface area contributed by atoms with Crippen LogP contribution in [0.5, 0.6) is 0 Å². The van der Waals surface area contributed by atoms with Crippen LogP contribution in [0.2, 0.25) is 0 Å². The Balaban J connectivity index is 1.45. The van der Waals surface area contributed by atoms with Crippen molar-refractivity contribution in [2.24, 2.45) is 0 Å². The number of anilines is 1. The average Bonchev–Trinajstić information content (AvgIpc) is 3.40. The van der Waals surface area contributed by atoms with Crippen LogP contribution in [-0.4, -0.2) is 49.1 Å². The number of rotatable bonds is 10. The Morgan fingerprint density at radius 3 is 2.46 bits per heavy atom. The van der Waals surface area contributed by atoms with Crippen molar-refractivity contribution in [3.05, 3.63) is 71.5 Å². The predicted octanol–water partition coefficient (Wildman–Crippen LogP) is 3.44. The van der Waals surface area contributed by atoms with Gasteiger partial charge in [-0.3, -0.25) is 14.7 Å². The van der Waals surface area contributed by atoms with E-state index >= 15 is 0 Å². The van der Waals surface area contributed by atoms with Crippen molar-refractivity contribution in [1.29, 1.82) is 0 Å². The first-order valence-electron chi connectivity index (χ1n) is 11.1. The summed E-state index contributed by atoms with van der Waals surface area (Å²) in [6.45, 7) is -0.0207. The van der Waals surface area contributed by atoms with Gasteiger partial charge >= 0.3 is 5.97 Å². The molecule has 35 heavy (non-hydrogen) atoms. The highest BCUT2D eigenvalue weighted by atomic mass is 32.2. The summed E-state index contributed by atoms with van der Waals surface area (Å²) in [5, 5.41) is 28.2. The van der Waals surface area contributed by atoms with Gasteiger partial charge in [0, 0.05) is 29.8 Å². The fraction of sp³-hybridized carbons (Fsp3) is 0.333. The van der Waals surface area contributed by atoms with Gasteiger partial charge in [0.15, 0.2) is 11.4 Å². The van der Waals surface area contributed by atoms with Crippen LogP contribution in [0.1, 0.15) is 48.3 Å². The molecule has 184 valence electrons. The number of carboxylic acids is 1. The van der Waals surface area contributed by atoms with Gasteiger partial charge in [-0.2, -0.15) is 5.10 Å². The molecule has 11 heteroatoms. The van der Waals surface area contributed by atoms with E-state index in [0.29, 0.717) is 23.0 Å². The van der Waals surface area contributed by atoms with Gasteiger partial charge in [0.05, 0.1) is 25.2 Å². The number of nitrogens with zero attached hydrogens (tertiary/aromatic N) is 2. The molecule has 1 aromatic heterocycles.